The van der Waals surface area contributed by atoms with E-state index >= 15 is 0 Å². The first-order valence-corrected chi connectivity index (χ1v) is 7.78. The lowest BCUT2D eigenvalue weighted by molar-refractivity contribution is 0.101. The number of hydrogen-bond acceptors (Lipinski definition) is 3. The molecule has 1 saturated heterocycles. The maximum Gasteiger partial charge on any atom is 0.0917 e. The lowest BCUT2D eigenvalue weighted by Gasteiger charge is -2.26. The molecular formula is C15H22BrNO2. The van der Waals surface area contributed by atoms with Gasteiger partial charge in [0, 0.05) is 23.7 Å². The molecule has 1 aromatic carbocycles. The van der Waals surface area contributed by atoms with E-state index in [1.165, 1.54) is 12.8 Å². The van der Waals surface area contributed by atoms with Gasteiger partial charge in [-0.2, -0.15) is 0 Å². The molecule has 0 amide bonds. The van der Waals surface area contributed by atoms with Gasteiger partial charge in [0.15, 0.2) is 0 Å². The van der Waals surface area contributed by atoms with Crippen LogP contribution in [0, 0.1) is 0 Å². The van der Waals surface area contributed by atoms with Crippen LogP contribution >= 0.6 is 15.9 Å². The SMILES string of the molecule is OCCCC1CCCN1CC(O)c1ccc(Br)cc1. The van der Waals surface area contributed by atoms with Gasteiger partial charge in [0.2, 0.25) is 0 Å². The molecule has 19 heavy (non-hydrogen) atoms. The van der Waals surface area contributed by atoms with Crippen molar-refractivity contribution in [2.75, 3.05) is 19.7 Å². The third kappa shape index (κ3) is 4.28. The lowest BCUT2D eigenvalue weighted by Crippen LogP contribution is -2.33. The Labute approximate surface area is 123 Å². The Bertz CT molecular complexity index is 382. The fourth-order valence-electron chi connectivity index (χ4n) is 2.80. The van der Waals surface area contributed by atoms with Gasteiger partial charge in [0.1, 0.15) is 0 Å². The Morgan fingerprint density at radius 2 is 2.05 bits per heavy atom. The van der Waals surface area contributed by atoms with Crippen molar-refractivity contribution < 1.29 is 10.2 Å². The van der Waals surface area contributed by atoms with Crippen molar-refractivity contribution in [3.8, 4) is 0 Å². The Hall–Kier alpha value is -0.420. The standard InChI is InChI=1S/C15H22BrNO2/c16-13-7-5-12(6-8-13)15(19)11-17-9-1-3-14(17)4-2-10-18/h5-8,14-15,18-19H,1-4,9-11H2. The molecule has 0 bridgehead atoms. The highest BCUT2D eigenvalue weighted by Gasteiger charge is 2.26. The minimum atomic E-state index is -0.428. The van der Waals surface area contributed by atoms with Crippen LogP contribution in [0.1, 0.15) is 37.4 Å². The number of likely N-dealkylation sites (tertiary alicyclic amines) is 1. The molecule has 2 rings (SSSR count). The summed E-state index contributed by atoms with van der Waals surface area (Å²) in [4.78, 5) is 2.36. The van der Waals surface area contributed by atoms with E-state index in [9.17, 15) is 5.11 Å². The quantitative estimate of drug-likeness (QED) is 0.844. The Morgan fingerprint density at radius 1 is 1.32 bits per heavy atom. The average molecular weight is 328 g/mol. The number of rotatable bonds is 6. The first-order chi connectivity index (χ1) is 9.20. The summed E-state index contributed by atoms with van der Waals surface area (Å²) in [5.41, 5.74) is 0.969. The van der Waals surface area contributed by atoms with E-state index in [-0.39, 0.29) is 6.61 Å². The summed E-state index contributed by atoms with van der Waals surface area (Å²) in [7, 11) is 0. The van der Waals surface area contributed by atoms with Gasteiger partial charge in [-0.25, -0.2) is 0 Å². The topological polar surface area (TPSA) is 43.7 Å². The number of benzene rings is 1. The zero-order chi connectivity index (χ0) is 13.7. The molecule has 3 nitrogen and oxygen atoms in total. The second-order valence-electron chi connectivity index (χ2n) is 5.22. The van der Waals surface area contributed by atoms with Crippen molar-refractivity contribution in [2.45, 2.75) is 37.8 Å². The summed E-state index contributed by atoms with van der Waals surface area (Å²) in [6.45, 7) is 2.01. The monoisotopic (exact) mass is 327 g/mol. The van der Waals surface area contributed by atoms with Crippen LogP contribution in [-0.4, -0.2) is 40.9 Å². The van der Waals surface area contributed by atoms with Crippen molar-refractivity contribution in [1.82, 2.24) is 4.90 Å². The van der Waals surface area contributed by atoms with E-state index in [1.807, 2.05) is 24.3 Å². The highest BCUT2D eigenvalue weighted by Crippen LogP contribution is 2.25. The number of hydrogen-bond donors (Lipinski definition) is 2. The van der Waals surface area contributed by atoms with E-state index < -0.39 is 6.10 Å². The first kappa shape index (κ1) is 15.0. The van der Waals surface area contributed by atoms with Crippen molar-refractivity contribution in [2.24, 2.45) is 0 Å². The van der Waals surface area contributed by atoms with Crippen molar-refractivity contribution in [3.05, 3.63) is 34.3 Å². The zero-order valence-electron chi connectivity index (χ0n) is 11.1. The Kier molecular flexibility index (Phi) is 5.82. The fraction of sp³-hybridized carbons (Fsp3) is 0.600. The molecule has 0 radical (unpaired) electrons. The van der Waals surface area contributed by atoms with E-state index in [1.54, 1.807) is 0 Å². The molecule has 2 atom stereocenters. The molecule has 1 heterocycles. The van der Waals surface area contributed by atoms with Crippen LogP contribution < -0.4 is 0 Å². The normalized spacial score (nSPS) is 21.7. The van der Waals surface area contributed by atoms with Gasteiger partial charge in [-0.3, -0.25) is 4.90 Å². The number of aliphatic hydroxyl groups is 2. The highest BCUT2D eigenvalue weighted by molar-refractivity contribution is 9.10. The van der Waals surface area contributed by atoms with Gasteiger partial charge in [0.25, 0.3) is 0 Å². The summed E-state index contributed by atoms with van der Waals surface area (Å²) in [6.07, 6.45) is 3.85. The Balaban J connectivity index is 1.90. The summed E-state index contributed by atoms with van der Waals surface area (Å²) in [5, 5.41) is 19.2. The predicted molar refractivity (Wildman–Crippen MR) is 80.0 cm³/mol. The molecular weight excluding hydrogens is 306 g/mol. The van der Waals surface area contributed by atoms with Crippen LogP contribution in [0.25, 0.3) is 0 Å². The maximum absolute atomic E-state index is 10.3. The van der Waals surface area contributed by atoms with Gasteiger partial charge >= 0.3 is 0 Å². The number of aliphatic hydroxyl groups excluding tert-OH is 2. The molecule has 1 fully saturated rings. The maximum atomic E-state index is 10.3. The minimum absolute atomic E-state index is 0.263. The number of nitrogens with zero attached hydrogens (tertiary/aromatic N) is 1. The molecule has 1 aromatic rings. The van der Waals surface area contributed by atoms with Gasteiger partial charge in [-0.1, -0.05) is 28.1 Å². The smallest absolute Gasteiger partial charge is 0.0917 e. The molecule has 1 aliphatic rings. The van der Waals surface area contributed by atoms with Gasteiger partial charge in [-0.05, 0) is 49.9 Å². The van der Waals surface area contributed by atoms with Crippen LogP contribution in [0.4, 0.5) is 0 Å². The molecule has 0 aromatic heterocycles. The summed E-state index contributed by atoms with van der Waals surface area (Å²) < 4.78 is 1.03. The summed E-state index contributed by atoms with van der Waals surface area (Å²) in [6, 6.07) is 8.39. The van der Waals surface area contributed by atoms with Gasteiger partial charge in [0.05, 0.1) is 6.10 Å². The van der Waals surface area contributed by atoms with Crippen LogP contribution in [-0.2, 0) is 0 Å². The van der Waals surface area contributed by atoms with Gasteiger partial charge in [-0.15, -0.1) is 0 Å². The molecule has 2 unspecified atom stereocenters. The Morgan fingerprint density at radius 3 is 2.74 bits per heavy atom. The van der Waals surface area contributed by atoms with E-state index in [0.717, 1.165) is 29.4 Å². The molecule has 0 saturated carbocycles. The number of halogens is 1. The second-order valence-corrected chi connectivity index (χ2v) is 6.14. The second kappa shape index (κ2) is 7.39. The van der Waals surface area contributed by atoms with Crippen LogP contribution in [0.5, 0.6) is 0 Å². The van der Waals surface area contributed by atoms with Crippen LogP contribution in [0.3, 0.4) is 0 Å². The molecule has 1 aliphatic heterocycles. The largest absolute Gasteiger partial charge is 0.396 e. The zero-order valence-corrected chi connectivity index (χ0v) is 12.7. The lowest BCUT2D eigenvalue weighted by atomic mass is 10.1. The summed E-state index contributed by atoms with van der Waals surface area (Å²) >= 11 is 3.41. The fourth-order valence-corrected chi connectivity index (χ4v) is 3.07. The van der Waals surface area contributed by atoms with Crippen molar-refractivity contribution in [3.63, 3.8) is 0 Å². The van der Waals surface area contributed by atoms with E-state index in [0.29, 0.717) is 12.6 Å². The third-order valence-corrected chi connectivity index (χ3v) is 4.39. The van der Waals surface area contributed by atoms with Gasteiger partial charge < -0.3 is 10.2 Å². The molecule has 106 valence electrons. The van der Waals surface area contributed by atoms with Crippen LogP contribution in [0.15, 0.2) is 28.7 Å². The average Bonchev–Trinajstić information content (AvgIpc) is 2.84. The highest BCUT2D eigenvalue weighted by atomic mass is 79.9. The van der Waals surface area contributed by atoms with E-state index in [4.69, 9.17) is 5.11 Å². The predicted octanol–water partition coefficient (Wildman–Crippen LogP) is 2.72. The first-order valence-electron chi connectivity index (χ1n) is 6.99. The summed E-state index contributed by atoms with van der Waals surface area (Å²) in [5.74, 6) is 0. The van der Waals surface area contributed by atoms with Crippen LogP contribution in [0.2, 0.25) is 0 Å². The molecule has 0 spiro atoms. The van der Waals surface area contributed by atoms with E-state index in [2.05, 4.69) is 20.8 Å². The third-order valence-electron chi connectivity index (χ3n) is 3.86. The molecule has 2 N–H and O–H groups in total. The molecule has 4 heteroatoms. The molecule has 0 aliphatic carbocycles. The van der Waals surface area contributed by atoms with Crippen molar-refractivity contribution in [1.29, 1.82) is 0 Å². The number of β-amino-alcohol motifs (C(OH)–C–C–N with tert-alkyl or cyclic N) is 1. The van der Waals surface area contributed by atoms with Crippen molar-refractivity contribution >= 4 is 15.9 Å². The minimum Gasteiger partial charge on any atom is -0.396 e.